The molecule has 2 rings (SSSR count). The molecule has 0 amide bonds. The zero-order chi connectivity index (χ0) is 10.5. The van der Waals surface area contributed by atoms with Crippen LogP contribution in [0.2, 0.25) is 0 Å². The third-order valence-corrected chi connectivity index (χ3v) is 3.72. The third-order valence-electron chi connectivity index (χ3n) is 3.72. The van der Waals surface area contributed by atoms with Gasteiger partial charge in [0, 0.05) is 18.5 Å². The number of nitriles is 1. The van der Waals surface area contributed by atoms with E-state index < -0.39 is 0 Å². The Hall–Kier alpha value is -0.590. The van der Waals surface area contributed by atoms with Crippen molar-refractivity contribution in [1.29, 1.82) is 5.26 Å². The lowest BCUT2D eigenvalue weighted by molar-refractivity contribution is 0.167. The van der Waals surface area contributed by atoms with Gasteiger partial charge in [0.25, 0.3) is 0 Å². The molecule has 2 heterocycles. The van der Waals surface area contributed by atoms with Crippen LogP contribution < -0.4 is 5.32 Å². The summed E-state index contributed by atoms with van der Waals surface area (Å²) in [5.41, 5.74) is 0. The number of rotatable bonds is 4. The van der Waals surface area contributed by atoms with E-state index in [2.05, 4.69) is 16.3 Å². The second kappa shape index (κ2) is 5.48. The molecule has 0 aromatic rings. The topological polar surface area (TPSA) is 39.1 Å². The van der Waals surface area contributed by atoms with Crippen molar-refractivity contribution < 1.29 is 0 Å². The summed E-state index contributed by atoms with van der Waals surface area (Å²) in [6.45, 7) is 3.62. The molecule has 2 aliphatic rings. The molecule has 0 saturated carbocycles. The summed E-state index contributed by atoms with van der Waals surface area (Å²) < 4.78 is 0. The molecule has 2 saturated heterocycles. The Morgan fingerprint density at radius 3 is 3.13 bits per heavy atom. The Bertz CT molecular complexity index is 234. The molecule has 0 aromatic heterocycles. The fraction of sp³-hybridized carbons (Fsp3) is 0.917. The van der Waals surface area contributed by atoms with E-state index >= 15 is 0 Å². The highest BCUT2D eigenvalue weighted by molar-refractivity contribution is 4.89. The molecule has 0 aliphatic carbocycles. The third kappa shape index (κ3) is 2.93. The fourth-order valence-electron chi connectivity index (χ4n) is 2.88. The first-order valence-electron chi connectivity index (χ1n) is 6.24. The van der Waals surface area contributed by atoms with Crippen LogP contribution >= 0.6 is 0 Å². The number of nitrogens with one attached hydrogen (secondary N) is 1. The van der Waals surface area contributed by atoms with E-state index in [1.54, 1.807) is 0 Å². The molecule has 15 heavy (non-hydrogen) atoms. The highest BCUT2D eigenvalue weighted by Gasteiger charge is 2.31. The quantitative estimate of drug-likeness (QED) is 0.710. The molecule has 2 fully saturated rings. The van der Waals surface area contributed by atoms with Crippen LogP contribution in [0.1, 0.15) is 38.5 Å². The lowest BCUT2D eigenvalue weighted by Crippen LogP contribution is -2.45. The van der Waals surface area contributed by atoms with Gasteiger partial charge in [0.05, 0.1) is 6.07 Å². The zero-order valence-corrected chi connectivity index (χ0v) is 9.41. The largest absolute Gasteiger partial charge is 0.314 e. The maximum absolute atomic E-state index is 8.44. The van der Waals surface area contributed by atoms with E-state index in [1.165, 1.54) is 38.8 Å². The summed E-state index contributed by atoms with van der Waals surface area (Å²) in [5.74, 6) is 0. The van der Waals surface area contributed by atoms with Gasteiger partial charge in [-0.1, -0.05) is 0 Å². The molecule has 1 N–H and O–H groups in total. The maximum Gasteiger partial charge on any atom is 0.0622 e. The van der Waals surface area contributed by atoms with E-state index in [1.807, 2.05) is 0 Å². The van der Waals surface area contributed by atoms with Crippen LogP contribution in [0.5, 0.6) is 0 Å². The van der Waals surface area contributed by atoms with Crippen molar-refractivity contribution in [2.75, 3.05) is 19.6 Å². The lowest BCUT2D eigenvalue weighted by Gasteiger charge is -2.35. The molecule has 0 aromatic carbocycles. The Labute approximate surface area is 92.4 Å². The van der Waals surface area contributed by atoms with Crippen LogP contribution in [-0.2, 0) is 0 Å². The number of nitrogens with zero attached hydrogens (tertiary/aromatic N) is 2. The first-order valence-corrected chi connectivity index (χ1v) is 6.24. The monoisotopic (exact) mass is 207 g/mol. The van der Waals surface area contributed by atoms with Gasteiger partial charge in [0.2, 0.25) is 0 Å². The van der Waals surface area contributed by atoms with E-state index in [0.717, 1.165) is 19.0 Å². The summed E-state index contributed by atoms with van der Waals surface area (Å²) in [5, 5.41) is 12.0. The Balaban J connectivity index is 1.65. The van der Waals surface area contributed by atoms with Crippen molar-refractivity contribution in [2.24, 2.45) is 0 Å². The predicted octanol–water partition coefficient (Wildman–Crippen LogP) is 1.51. The molecule has 3 heteroatoms. The van der Waals surface area contributed by atoms with Gasteiger partial charge in [0.1, 0.15) is 0 Å². The van der Waals surface area contributed by atoms with Crippen LogP contribution in [0, 0.1) is 11.3 Å². The average molecular weight is 207 g/mol. The van der Waals surface area contributed by atoms with Gasteiger partial charge in [-0.25, -0.2) is 0 Å². The van der Waals surface area contributed by atoms with Crippen molar-refractivity contribution in [3.05, 3.63) is 0 Å². The maximum atomic E-state index is 8.44. The summed E-state index contributed by atoms with van der Waals surface area (Å²) in [6, 6.07) is 3.76. The van der Waals surface area contributed by atoms with Gasteiger partial charge < -0.3 is 10.2 Å². The Morgan fingerprint density at radius 1 is 1.33 bits per heavy atom. The van der Waals surface area contributed by atoms with Crippen molar-refractivity contribution in [3.63, 3.8) is 0 Å². The normalized spacial score (nSPS) is 31.1. The Morgan fingerprint density at radius 2 is 2.27 bits per heavy atom. The number of hydrogen-bond acceptors (Lipinski definition) is 3. The van der Waals surface area contributed by atoms with Gasteiger partial charge in [-0.15, -0.1) is 0 Å². The molecule has 0 bridgehead atoms. The van der Waals surface area contributed by atoms with E-state index in [9.17, 15) is 0 Å². The standard InChI is InChI=1S/C12H21N3/c13-6-1-2-7-14-11-5-9-15-8-3-4-12(15)10-11/h11-12,14H,1-5,7-10H2. The van der Waals surface area contributed by atoms with Crippen molar-refractivity contribution in [3.8, 4) is 6.07 Å². The van der Waals surface area contributed by atoms with Gasteiger partial charge in [0.15, 0.2) is 0 Å². The molecular formula is C12H21N3. The van der Waals surface area contributed by atoms with Gasteiger partial charge >= 0.3 is 0 Å². The summed E-state index contributed by atoms with van der Waals surface area (Å²) in [6.07, 6.45) is 7.11. The van der Waals surface area contributed by atoms with Crippen molar-refractivity contribution >= 4 is 0 Å². The molecule has 3 nitrogen and oxygen atoms in total. The zero-order valence-electron chi connectivity index (χ0n) is 9.41. The lowest BCUT2D eigenvalue weighted by atomic mass is 9.97. The summed E-state index contributed by atoms with van der Waals surface area (Å²) in [7, 11) is 0. The molecule has 84 valence electrons. The number of unbranched alkanes of at least 4 members (excludes halogenated alkanes) is 1. The number of fused-ring (bicyclic) bond motifs is 1. The molecule has 2 aliphatic heterocycles. The SMILES string of the molecule is N#CCCCNC1CCN2CCCC2C1. The van der Waals surface area contributed by atoms with Gasteiger partial charge in [-0.05, 0) is 51.7 Å². The average Bonchev–Trinajstić information content (AvgIpc) is 2.71. The number of hydrogen-bond donors (Lipinski definition) is 1. The molecule has 0 radical (unpaired) electrons. The van der Waals surface area contributed by atoms with Crippen LogP contribution in [0.15, 0.2) is 0 Å². The smallest absolute Gasteiger partial charge is 0.0622 e. The second-order valence-corrected chi connectivity index (χ2v) is 4.77. The molecule has 0 spiro atoms. The fourth-order valence-corrected chi connectivity index (χ4v) is 2.88. The van der Waals surface area contributed by atoms with E-state index in [4.69, 9.17) is 5.26 Å². The summed E-state index contributed by atoms with van der Waals surface area (Å²) in [4.78, 5) is 2.65. The molecule has 2 atom stereocenters. The van der Waals surface area contributed by atoms with Gasteiger partial charge in [-0.2, -0.15) is 5.26 Å². The molecule has 2 unspecified atom stereocenters. The van der Waals surface area contributed by atoms with Crippen LogP contribution in [-0.4, -0.2) is 36.6 Å². The Kier molecular flexibility index (Phi) is 3.99. The first-order chi connectivity index (χ1) is 7.40. The number of piperidine rings is 1. The minimum absolute atomic E-state index is 0.690. The van der Waals surface area contributed by atoms with E-state index in [0.29, 0.717) is 12.5 Å². The second-order valence-electron chi connectivity index (χ2n) is 4.77. The first kappa shape index (κ1) is 10.9. The minimum Gasteiger partial charge on any atom is -0.314 e. The molecular weight excluding hydrogens is 186 g/mol. The van der Waals surface area contributed by atoms with E-state index in [-0.39, 0.29) is 0 Å². The minimum atomic E-state index is 0.690. The highest BCUT2D eigenvalue weighted by atomic mass is 15.2. The van der Waals surface area contributed by atoms with Crippen LogP contribution in [0.3, 0.4) is 0 Å². The highest BCUT2D eigenvalue weighted by Crippen LogP contribution is 2.26. The van der Waals surface area contributed by atoms with Gasteiger partial charge in [-0.3, -0.25) is 0 Å². The van der Waals surface area contributed by atoms with Crippen LogP contribution in [0.25, 0.3) is 0 Å². The van der Waals surface area contributed by atoms with Crippen molar-refractivity contribution in [1.82, 2.24) is 10.2 Å². The van der Waals surface area contributed by atoms with Crippen LogP contribution in [0.4, 0.5) is 0 Å². The van der Waals surface area contributed by atoms with Crippen molar-refractivity contribution in [2.45, 2.75) is 50.6 Å². The summed E-state index contributed by atoms with van der Waals surface area (Å²) >= 11 is 0. The predicted molar refractivity (Wildman–Crippen MR) is 60.5 cm³/mol.